The number of nitrogens with one attached hydrogen (secondary N) is 1. The summed E-state index contributed by atoms with van der Waals surface area (Å²) in [7, 11) is 0. The molecule has 3 aliphatic rings. The standard InChI is InChI=1S/C15H14ClNO2/c1-8-7-12(16)17-15(19)11-5-4-10-9(3-2-6-18)14(10)13(8)11/h4-5,7,10,18H,1-3,6H2,(H,17,19). The maximum atomic E-state index is 12.0. The Morgan fingerprint density at radius 1 is 1.47 bits per heavy atom. The number of allylic oxidation sites excluding steroid dienone is 6. The monoisotopic (exact) mass is 275 g/mol. The summed E-state index contributed by atoms with van der Waals surface area (Å²) in [5.41, 5.74) is 4.79. The molecule has 0 spiro atoms. The highest BCUT2D eigenvalue weighted by Crippen LogP contribution is 2.53. The second kappa shape index (κ2) is 4.51. The van der Waals surface area contributed by atoms with E-state index in [1.807, 2.05) is 12.2 Å². The van der Waals surface area contributed by atoms with Gasteiger partial charge < -0.3 is 10.4 Å². The van der Waals surface area contributed by atoms with Gasteiger partial charge in [0.25, 0.3) is 5.91 Å². The Bertz CT molecular complexity index is 608. The normalized spacial score (nSPS) is 24.7. The summed E-state index contributed by atoms with van der Waals surface area (Å²) in [4.78, 5) is 12.0. The molecule has 0 radical (unpaired) electrons. The van der Waals surface area contributed by atoms with Gasteiger partial charge in [-0.2, -0.15) is 0 Å². The van der Waals surface area contributed by atoms with Crippen LogP contribution in [-0.4, -0.2) is 17.6 Å². The lowest BCUT2D eigenvalue weighted by molar-refractivity contribution is -0.116. The lowest BCUT2D eigenvalue weighted by Gasteiger charge is -2.11. The number of hydrogen-bond donors (Lipinski definition) is 2. The lowest BCUT2D eigenvalue weighted by Crippen LogP contribution is -2.21. The summed E-state index contributed by atoms with van der Waals surface area (Å²) in [5.74, 6) is 0.130. The molecule has 19 heavy (non-hydrogen) atoms. The first-order valence-electron chi connectivity index (χ1n) is 6.28. The van der Waals surface area contributed by atoms with E-state index in [4.69, 9.17) is 16.7 Å². The molecule has 1 aliphatic heterocycles. The molecule has 3 nitrogen and oxygen atoms in total. The van der Waals surface area contributed by atoms with Crippen molar-refractivity contribution < 1.29 is 9.90 Å². The van der Waals surface area contributed by atoms with Crippen LogP contribution < -0.4 is 5.32 Å². The average molecular weight is 276 g/mol. The van der Waals surface area contributed by atoms with Gasteiger partial charge in [0, 0.05) is 18.1 Å². The first-order valence-corrected chi connectivity index (χ1v) is 6.65. The number of aliphatic hydroxyl groups excluding tert-OH is 1. The van der Waals surface area contributed by atoms with Crippen molar-refractivity contribution in [2.75, 3.05) is 6.61 Å². The topological polar surface area (TPSA) is 49.3 Å². The lowest BCUT2D eigenvalue weighted by atomic mass is 9.92. The van der Waals surface area contributed by atoms with E-state index in [-0.39, 0.29) is 12.5 Å². The number of amides is 1. The third kappa shape index (κ3) is 1.99. The molecule has 4 heteroatoms. The van der Waals surface area contributed by atoms with Crippen LogP contribution in [0.2, 0.25) is 0 Å². The zero-order valence-electron chi connectivity index (χ0n) is 10.4. The summed E-state index contributed by atoms with van der Waals surface area (Å²) in [6.45, 7) is 4.19. The van der Waals surface area contributed by atoms with Crippen molar-refractivity contribution in [1.82, 2.24) is 5.32 Å². The van der Waals surface area contributed by atoms with Gasteiger partial charge >= 0.3 is 0 Å². The van der Waals surface area contributed by atoms with Crippen LogP contribution in [0.15, 0.2) is 57.8 Å². The maximum absolute atomic E-state index is 12.0. The van der Waals surface area contributed by atoms with Crippen LogP contribution in [0.4, 0.5) is 0 Å². The number of fused-ring (bicyclic) bond motifs is 2. The van der Waals surface area contributed by atoms with Crippen molar-refractivity contribution in [2.45, 2.75) is 12.8 Å². The molecule has 98 valence electrons. The van der Waals surface area contributed by atoms with Crippen LogP contribution in [0.1, 0.15) is 12.8 Å². The van der Waals surface area contributed by atoms with Gasteiger partial charge in [-0.15, -0.1) is 0 Å². The molecule has 0 aromatic rings. The molecule has 1 unspecified atom stereocenters. The van der Waals surface area contributed by atoms with Crippen LogP contribution in [0, 0.1) is 5.92 Å². The summed E-state index contributed by atoms with van der Waals surface area (Å²) in [6.07, 6.45) is 7.18. The molecular formula is C15H14ClNO2. The summed E-state index contributed by atoms with van der Waals surface area (Å²) < 4.78 is 0. The van der Waals surface area contributed by atoms with Gasteiger partial charge in [0.05, 0.1) is 0 Å². The van der Waals surface area contributed by atoms with Crippen molar-refractivity contribution in [1.29, 1.82) is 0 Å². The number of carbonyl (C=O) groups excluding carboxylic acids is 1. The predicted octanol–water partition coefficient (Wildman–Crippen LogP) is 2.32. The predicted molar refractivity (Wildman–Crippen MR) is 74.2 cm³/mol. The molecule has 0 bridgehead atoms. The van der Waals surface area contributed by atoms with Crippen molar-refractivity contribution >= 4 is 17.5 Å². The quantitative estimate of drug-likeness (QED) is 0.777. The van der Waals surface area contributed by atoms with Gasteiger partial charge in [-0.3, -0.25) is 4.79 Å². The van der Waals surface area contributed by atoms with Gasteiger partial charge in [0.15, 0.2) is 0 Å². The summed E-state index contributed by atoms with van der Waals surface area (Å²) >= 11 is 5.93. The highest BCUT2D eigenvalue weighted by Gasteiger charge is 2.41. The van der Waals surface area contributed by atoms with E-state index in [2.05, 4.69) is 11.9 Å². The highest BCUT2D eigenvalue weighted by atomic mass is 35.5. The molecule has 0 saturated carbocycles. The largest absolute Gasteiger partial charge is 0.396 e. The second-order valence-corrected chi connectivity index (χ2v) is 5.27. The van der Waals surface area contributed by atoms with E-state index < -0.39 is 0 Å². The maximum Gasteiger partial charge on any atom is 0.256 e. The molecule has 0 fully saturated rings. The second-order valence-electron chi connectivity index (χ2n) is 4.86. The molecule has 1 atom stereocenters. The smallest absolute Gasteiger partial charge is 0.256 e. The van der Waals surface area contributed by atoms with Crippen LogP contribution in [0.25, 0.3) is 0 Å². The fraction of sp³-hybridized carbons (Fsp3) is 0.267. The van der Waals surface area contributed by atoms with E-state index in [1.165, 1.54) is 11.1 Å². The van der Waals surface area contributed by atoms with E-state index in [0.717, 1.165) is 24.0 Å². The van der Waals surface area contributed by atoms with E-state index in [9.17, 15) is 4.79 Å². The van der Waals surface area contributed by atoms with E-state index >= 15 is 0 Å². The first-order chi connectivity index (χ1) is 9.13. The molecule has 0 saturated heterocycles. The van der Waals surface area contributed by atoms with Gasteiger partial charge in [-0.1, -0.05) is 35.9 Å². The highest BCUT2D eigenvalue weighted by molar-refractivity contribution is 6.31. The molecule has 0 aromatic heterocycles. The Morgan fingerprint density at radius 3 is 3.00 bits per heavy atom. The van der Waals surface area contributed by atoms with Gasteiger partial charge in [0.2, 0.25) is 0 Å². The molecular weight excluding hydrogens is 262 g/mol. The Labute approximate surface area is 116 Å². The minimum Gasteiger partial charge on any atom is -0.396 e. The van der Waals surface area contributed by atoms with E-state index in [0.29, 0.717) is 16.6 Å². The fourth-order valence-electron chi connectivity index (χ4n) is 2.77. The zero-order valence-corrected chi connectivity index (χ0v) is 11.1. The van der Waals surface area contributed by atoms with Gasteiger partial charge in [0.1, 0.15) is 5.16 Å². The van der Waals surface area contributed by atoms with Crippen molar-refractivity contribution in [3.8, 4) is 0 Å². The molecule has 2 N–H and O–H groups in total. The summed E-state index contributed by atoms with van der Waals surface area (Å²) in [5, 5.41) is 11.8. The third-order valence-corrected chi connectivity index (χ3v) is 3.85. The Hall–Kier alpha value is -1.58. The number of hydrogen-bond acceptors (Lipinski definition) is 2. The summed E-state index contributed by atoms with van der Waals surface area (Å²) in [6, 6.07) is 0. The Kier molecular flexibility index (Phi) is 2.96. The Balaban J connectivity index is 2.01. The number of halogens is 1. The molecule has 2 aliphatic carbocycles. The molecule has 3 rings (SSSR count). The van der Waals surface area contributed by atoms with Crippen LogP contribution >= 0.6 is 11.6 Å². The minimum atomic E-state index is -0.189. The first kappa shape index (κ1) is 12.5. The Morgan fingerprint density at radius 2 is 2.26 bits per heavy atom. The SMILES string of the molecule is C=C1C=C(Cl)NC(=O)C2=C1C1=C(CCCO)C1C=C2. The zero-order chi connectivity index (χ0) is 13.6. The molecule has 1 amide bonds. The van der Waals surface area contributed by atoms with Crippen LogP contribution in [0.3, 0.4) is 0 Å². The van der Waals surface area contributed by atoms with Crippen molar-refractivity contribution in [2.24, 2.45) is 5.92 Å². The number of aliphatic hydroxyl groups is 1. The minimum absolute atomic E-state index is 0.187. The van der Waals surface area contributed by atoms with Crippen molar-refractivity contribution in [3.63, 3.8) is 0 Å². The fourth-order valence-corrected chi connectivity index (χ4v) is 2.99. The molecule has 0 aromatic carbocycles. The third-order valence-electron chi connectivity index (χ3n) is 3.65. The van der Waals surface area contributed by atoms with Crippen LogP contribution in [0.5, 0.6) is 0 Å². The van der Waals surface area contributed by atoms with Crippen molar-refractivity contribution in [3.05, 3.63) is 57.8 Å². The molecule has 1 heterocycles. The van der Waals surface area contributed by atoms with Gasteiger partial charge in [-0.05, 0) is 35.6 Å². The average Bonchev–Trinajstić information content (AvgIpc) is 3.08. The number of carbonyl (C=O) groups is 1. The van der Waals surface area contributed by atoms with Crippen LogP contribution in [-0.2, 0) is 4.79 Å². The van der Waals surface area contributed by atoms with Gasteiger partial charge in [-0.25, -0.2) is 0 Å². The number of rotatable bonds is 3. The van der Waals surface area contributed by atoms with E-state index in [1.54, 1.807) is 6.08 Å².